The van der Waals surface area contributed by atoms with Crippen molar-refractivity contribution >= 4 is 11.7 Å². The third kappa shape index (κ3) is 3.90. The van der Waals surface area contributed by atoms with Crippen molar-refractivity contribution in [2.45, 2.75) is 19.4 Å². The van der Waals surface area contributed by atoms with Gasteiger partial charge in [0.1, 0.15) is 0 Å². The average molecular weight is 223 g/mol. The molecule has 0 radical (unpaired) electrons. The van der Waals surface area contributed by atoms with Gasteiger partial charge in [0.15, 0.2) is 0 Å². The minimum atomic E-state index is -0.337. The van der Waals surface area contributed by atoms with Crippen molar-refractivity contribution in [3.63, 3.8) is 0 Å². The van der Waals surface area contributed by atoms with Crippen molar-refractivity contribution in [3.05, 3.63) is 29.8 Å². The van der Waals surface area contributed by atoms with Crippen LogP contribution in [0.5, 0.6) is 0 Å². The van der Waals surface area contributed by atoms with E-state index in [0.717, 1.165) is 5.69 Å². The second kappa shape index (κ2) is 6.12. The third-order valence-corrected chi connectivity index (χ3v) is 2.20. The van der Waals surface area contributed by atoms with Crippen LogP contribution in [0.4, 0.5) is 5.69 Å². The molecule has 4 nitrogen and oxygen atoms in total. The number of esters is 1. The monoisotopic (exact) mass is 223 g/mol. The van der Waals surface area contributed by atoms with Crippen LogP contribution < -0.4 is 5.32 Å². The number of carbonyl (C=O) groups is 1. The summed E-state index contributed by atoms with van der Waals surface area (Å²) in [6.45, 7) is 2.46. The number of aliphatic hydroxyl groups excluding tert-OH is 1. The lowest BCUT2D eigenvalue weighted by molar-refractivity contribution is 0.0601. The first-order valence-corrected chi connectivity index (χ1v) is 5.24. The van der Waals surface area contributed by atoms with Crippen LogP contribution in [0, 0.1) is 0 Å². The summed E-state index contributed by atoms with van der Waals surface area (Å²) < 4.78 is 4.60. The molecule has 88 valence electrons. The smallest absolute Gasteiger partial charge is 0.337 e. The summed E-state index contributed by atoms with van der Waals surface area (Å²) in [7, 11) is 1.36. The zero-order valence-corrected chi connectivity index (χ0v) is 9.56. The summed E-state index contributed by atoms with van der Waals surface area (Å²) in [6, 6.07) is 7.04. The van der Waals surface area contributed by atoms with E-state index in [1.54, 1.807) is 19.1 Å². The first kappa shape index (κ1) is 12.5. The van der Waals surface area contributed by atoms with E-state index < -0.39 is 0 Å². The Morgan fingerprint density at radius 2 is 2.06 bits per heavy atom. The number of anilines is 1. The van der Waals surface area contributed by atoms with Crippen LogP contribution in [0.3, 0.4) is 0 Å². The van der Waals surface area contributed by atoms with Gasteiger partial charge in [0.05, 0.1) is 18.8 Å². The Kier molecular flexibility index (Phi) is 4.79. The van der Waals surface area contributed by atoms with Gasteiger partial charge in [0, 0.05) is 12.2 Å². The molecule has 1 atom stereocenters. The molecule has 0 fully saturated rings. The third-order valence-electron chi connectivity index (χ3n) is 2.20. The number of carbonyl (C=O) groups excluding carboxylic acids is 1. The predicted octanol–water partition coefficient (Wildman–Crippen LogP) is 1.66. The Hall–Kier alpha value is -1.55. The van der Waals surface area contributed by atoms with Crippen LogP contribution in [0.2, 0.25) is 0 Å². The number of hydrogen-bond donors (Lipinski definition) is 2. The fraction of sp³-hybridized carbons (Fsp3) is 0.417. The fourth-order valence-electron chi connectivity index (χ4n) is 1.27. The predicted molar refractivity (Wildman–Crippen MR) is 62.6 cm³/mol. The van der Waals surface area contributed by atoms with Crippen LogP contribution in [0.15, 0.2) is 24.3 Å². The molecule has 2 N–H and O–H groups in total. The highest BCUT2D eigenvalue weighted by Gasteiger charge is 2.03. The molecule has 1 aromatic rings. The number of hydrogen-bond acceptors (Lipinski definition) is 4. The number of methoxy groups -OCH3 is 1. The van der Waals surface area contributed by atoms with Gasteiger partial charge in [-0.1, -0.05) is 0 Å². The highest BCUT2D eigenvalue weighted by molar-refractivity contribution is 5.89. The topological polar surface area (TPSA) is 58.6 Å². The summed E-state index contributed by atoms with van der Waals surface area (Å²) in [5, 5.41) is 12.2. The molecule has 1 rings (SSSR count). The maximum absolute atomic E-state index is 11.2. The molecule has 0 spiro atoms. The summed E-state index contributed by atoms with van der Waals surface area (Å²) >= 11 is 0. The van der Waals surface area contributed by atoms with E-state index in [1.165, 1.54) is 7.11 Å². The van der Waals surface area contributed by atoms with Gasteiger partial charge >= 0.3 is 5.97 Å². The summed E-state index contributed by atoms with van der Waals surface area (Å²) in [5.74, 6) is -0.337. The lowest BCUT2D eigenvalue weighted by atomic mass is 10.2. The Balaban J connectivity index is 2.48. The number of rotatable bonds is 5. The molecule has 0 aromatic heterocycles. The zero-order chi connectivity index (χ0) is 12.0. The van der Waals surface area contributed by atoms with Crippen LogP contribution in [0.1, 0.15) is 23.7 Å². The standard InChI is InChI=1S/C12H17NO3/c1-9(14)7-8-13-11-5-3-10(4-6-11)12(15)16-2/h3-6,9,13-14H,7-8H2,1-2H3. The molecule has 16 heavy (non-hydrogen) atoms. The van der Waals surface area contributed by atoms with E-state index >= 15 is 0 Å². The van der Waals surface area contributed by atoms with Gasteiger partial charge in [-0.2, -0.15) is 0 Å². The molecule has 0 aliphatic carbocycles. The van der Waals surface area contributed by atoms with Crippen molar-refractivity contribution < 1.29 is 14.6 Å². The average Bonchev–Trinajstić information content (AvgIpc) is 2.28. The van der Waals surface area contributed by atoms with E-state index in [4.69, 9.17) is 5.11 Å². The second-order valence-electron chi connectivity index (χ2n) is 3.63. The Morgan fingerprint density at radius 3 is 2.56 bits per heavy atom. The minimum Gasteiger partial charge on any atom is -0.465 e. The van der Waals surface area contributed by atoms with Crippen molar-refractivity contribution in [2.24, 2.45) is 0 Å². The van der Waals surface area contributed by atoms with Crippen LogP contribution in [0.25, 0.3) is 0 Å². The molecule has 1 unspecified atom stereocenters. The lowest BCUT2D eigenvalue weighted by Gasteiger charge is -2.08. The molecule has 1 aromatic carbocycles. The van der Waals surface area contributed by atoms with Gasteiger partial charge in [0.25, 0.3) is 0 Å². The van der Waals surface area contributed by atoms with E-state index in [2.05, 4.69) is 10.1 Å². The van der Waals surface area contributed by atoms with Crippen molar-refractivity contribution in [3.8, 4) is 0 Å². The Morgan fingerprint density at radius 1 is 1.44 bits per heavy atom. The Labute approximate surface area is 95.2 Å². The van der Waals surface area contributed by atoms with Crippen LogP contribution in [-0.2, 0) is 4.74 Å². The number of benzene rings is 1. The van der Waals surface area contributed by atoms with Crippen molar-refractivity contribution in [2.75, 3.05) is 19.0 Å². The van der Waals surface area contributed by atoms with Gasteiger partial charge < -0.3 is 15.2 Å². The van der Waals surface area contributed by atoms with E-state index in [-0.39, 0.29) is 12.1 Å². The molecule has 4 heteroatoms. The first-order chi connectivity index (χ1) is 7.63. The normalized spacial score (nSPS) is 11.9. The number of aliphatic hydroxyl groups is 1. The summed E-state index contributed by atoms with van der Waals surface area (Å²) in [6.07, 6.45) is 0.389. The van der Waals surface area contributed by atoms with E-state index in [1.807, 2.05) is 12.1 Å². The van der Waals surface area contributed by atoms with Crippen molar-refractivity contribution in [1.82, 2.24) is 0 Å². The molecular formula is C12H17NO3. The highest BCUT2D eigenvalue weighted by atomic mass is 16.5. The summed E-state index contributed by atoms with van der Waals surface area (Å²) in [4.78, 5) is 11.2. The van der Waals surface area contributed by atoms with Gasteiger partial charge in [-0.05, 0) is 37.6 Å². The lowest BCUT2D eigenvalue weighted by Crippen LogP contribution is -2.09. The van der Waals surface area contributed by atoms with Crippen LogP contribution in [-0.4, -0.2) is 30.8 Å². The highest BCUT2D eigenvalue weighted by Crippen LogP contribution is 2.10. The molecule has 0 saturated heterocycles. The maximum atomic E-state index is 11.2. The fourth-order valence-corrected chi connectivity index (χ4v) is 1.27. The summed E-state index contributed by atoms with van der Waals surface area (Å²) in [5.41, 5.74) is 1.46. The van der Waals surface area contributed by atoms with Gasteiger partial charge in [0.2, 0.25) is 0 Å². The largest absolute Gasteiger partial charge is 0.465 e. The quantitative estimate of drug-likeness (QED) is 0.745. The first-order valence-electron chi connectivity index (χ1n) is 5.24. The van der Waals surface area contributed by atoms with Crippen LogP contribution >= 0.6 is 0 Å². The van der Waals surface area contributed by atoms with Gasteiger partial charge in [-0.15, -0.1) is 0 Å². The molecule has 0 aliphatic rings. The minimum absolute atomic E-state index is 0.304. The van der Waals surface area contributed by atoms with E-state index in [9.17, 15) is 4.79 Å². The Bertz CT molecular complexity index is 333. The van der Waals surface area contributed by atoms with E-state index in [0.29, 0.717) is 18.5 Å². The molecule has 0 amide bonds. The van der Waals surface area contributed by atoms with Gasteiger partial charge in [-0.25, -0.2) is 4.79 Å². The van der Waals surface area contributed by atoms with Gasteiger partial charge in [-0.3, -0.25) is 0 Å². The second-order valence-corrected chi connectivity index (χ2v) is 3.63. The maximum Gasteiger partial charge on any atom is 0.337 e. The zero-order valence-electron chi connectivity index (χ0n) is 9.56. The molecular weight excluding hydrogens is 206 g/mol. The SMILES string of the molecule is COC(=O)c1ccc(NCCC(C)O)cc1. The molecule has 0 heterocycles. The number of nitrogens with one attached hydrogen (secondary N) is 1. The molecule has 0 aliphatic heterocycles. The van der Waals surface area contributed by atoms with Crippen molar-refractivity contribution in [1.29, 1.82) is 0 Å². The molecule has 0 saturated carbocycles. The molecule has 0 bridgehead atoms. The number of ether oxygens (including phenoxy) is 1.